The van der Waals surface area contributed by atoms with Gasteiger partial charge in [-0.2, -0.15) is 5.26 Å². The number of halogens is 1. The van der Waals surface area contributed by atoms with Crippen molar-refractivity contribution in [2.45, 2.75) is 19.4 Å². The highest BCUT2D eigenvalue weighted by Gasteiger charge is 2.24. The molecule has 1 aromatic rings. The average Bonchev–Trinajstić information content (AvgIpc) is 3.06. The van der Waals surface area contributed by atoms with Crippen LogP contribution in [0.4, 0.5) is 4.39 Å². The molecule has 0 spiro atoms. The van der Waals surface area contributed by atoms with Crippen LogP contribution in [-0.4, -0.2) is 18.0 Å². The van der Waals surface area contributed by atoms with Crippen LogP contribution in [0.25, 0.3) is 0 Å². The molecule has 0 N–H and O–H groups in total. The monoisotopic (exact) mass is 218 g/mol. The minimum absolute atomic E-state index is 0.210. The molecule has 0 unspecified atom stereocenters. The predicted molar refractivity (Wildman–Crippen MR) is 60.0 cm³/mol. The lowest BCUT2D eigenvalue weighted by Gasteiger charge is -2.18. The maximum absolute atomic E-state index is 12.7. The van der Waals surface area contributed by atoms with Gasteiger partial charge in [-0.25, -0.2) is 4.39 Å². The van der Waals surface area contributed by atoms with E-state index in [2.05, 4.69) is 11.0 Å². The molecule has 1 aliphatic carbocycles. The number of nitriles is 1. The summed E-state index contributed by atoms with van der Waals surface area (Å²) in [5.41, 5.74) is 1.07. The van der Waals surface area contributed by atoms with E-state index in [1.54, 1.807) is 12.1 Å². The molecule has 0 amide bonds. The van der Waals surface area contributed by atoms with E-state index in [9.17, 15) is 4.39 Å². The summed E-state index contributed by atoms with van der Waals surface area (Å²) >= 11 is 0. The summed E-state index contributed by atoms with van der Waals surface area (Å²) in [6, 6.07) is 8.69. The topological polar surface area (TPSA) is 27.0 Å². The van der Waals surface area contributed by atoms with E-state index >= 15 is 0 Å². The van der Waals surface area contributed by atoms with Crippen molar-refractivity contribution >= 4 is 0 Å². The van der Waals surface area contributed by atoms with Crippen LogP contribution in [0.2, 0.25) is 0 Å². The third-order valence-electron chi connectivity index (χ3n) is 2.83. The van der Waals surface area contributed by atoms with Crippen molar-refractivity contribution in [2.24, 2.45) is 5.92 Å². The Labute approximate surface area is 95.3 Å². The zero-order valence-electron chi connectivity index (χ0n) is 9.19. The minimum Gasteiger partial charge on any atom is -0.286 e. The highest BCUT2D eigenvalue weighted by Crippen LogP contribution is 2.30. The molecule has 2 rings (SSSR count). The third-order valence-corrected chi connectivity index (χ3v) is 2.83. The van der Waals surface area contributed by atoms with Crippen molar-refractivity contribution < 1.29 is 4.39 Å². The molecular weight excluding hydrogens is 203 g/mol. The van der Waals surface area contributed by atoms with Crippen LogP contribution >= 0.6 is 0 Å². The molecule has 0 aliphatic heterocycles. The molecule has 0 atom stereocenters. The molecule has 1 saturated carbocycles. The summed E-state index contributed by atoms with van der Waals surface area (Å²) in [4.78, 5) is 2.13. The maximum Gasteiger partial charge on any atom is 0.123 e. The van der Waals surface area contributed by atoms with Gasteiger partial charge in [-0.3, -0.25) is 4.90 Å². The molecule has 0 saturated heterocycles. The normalized spacial score (nSPS) is 15.1. The van der Waals surface area contributed by atoms with Crippen molar-refractivity contribution in [2.75, 3.05) is 13.1 Å². The molecule has 0 radical (unpaired) electrons. The molecule has 1 fully saturated rings. The number of rotatable bonds is 5. The van der Waals surface area contributed by atoms with Crippen LogP contribution in [-0.2, 0) is 6.54 Å². The molecule has 1 aromatic carbocycles. The second kappa shape index (κ2) is 5.09. The molecule has 0 aromatic heterocycles. The summed E-state index contributed by atoms with van der Waals surface area (Å²) in [5.74, 6) is 0.562. The largest absolute Gasteiger partial charge is 0.286 e. The number of benzene rings is 1. The van der Waals surface area contributed by atoms with Gasteiger partial charge in [-0.1, -0.05) is 12.1 Å². The van der Waals surface area contributed by atoms with Crippen LogP contribution in [0.15, 0.2) is 24.3 Å². The maximum atomic E-state index is 12.7. The second-order valence-corrected chi connectivity index (χ2v) is 4.40. The fourth-order valence-electron chi connectivity index (χ4n) is 1.80. The average molecular weight is 218 g/mol. The number of hydrogen-bond donors (Lipinski definition) is 0. The van der Waals surface area contributed by atoms with Crippen LogP contribution < -0.4 is 0 Å². The van der Waals surface area contributed by atoms with Gasteiger partial charge in [0.2, 0.25) is 0 Å². The molecule has 1 aliphatic rings. The fourth-order valence-corrected chi connectivity index (χ4v) is 1.80. The molecule has 2 nitrogen and oxygen atoms in total. The highest BCUT2D eigenvalue weighted by molar-refractivity contribution is 5.16. The second-order valence-electron chi connectivity index (χ2n) is 4.40. The Morgan fingerprint density at radius 3 is 2.56 bits per heavy atom. The lowest BCUT2D eigenvalue weighted by Crippen LogP contribution is -2.25. The zero-order valence-corrected chi connectivity index (χ0v) is 9.19. The van der Waals surface area contributed by atoms with Gasteiger partial charge < -0.3 is 0 Å². The molecule has 16 heavy (non-hydrogen) atoms. The Morgan fingerprint density at radius 1 is 1.31 bits per heavy atom. The Bertz CT molecular complexity index is 376. The number of hydrogen-bond acceptors (Lipinski definition) is 2. The summed E-state index contributed by atoms with van der Waals surface area (Å²) in [6.45, 7) is 2.18. The third kappa shape index (κ3) is 3.32. The van der Waals surface area contributed by atoms with Crippen molar-refractivity contribution in [3.8, 4) is 6.07 Å². The summed E-state index contributed by atoms with van der Waals surface area (Å²) in [5, 5.41) is 8.74. The molecular formula is C13H15FN2. The first-order valence-electron chi connectivity index (χ1n) is 5.61. The van der Waals surface area contributed by atoms with E-state index < -0.39 is 0 Å². The zero-order chi connectivity index (χ0) is 11.4. The van der Waals surface area contributed by atoms with Crippen LogP contribution in [0.1, 0.15) is 18.4 Å². The van der Waals surface area contributed by atoms with Gasteiger partial charge in [0.25, 0.3) is 0 Å². The first kappa shape index (κ1) is 11.1. The molecule has 84 valence electrons. The summed E-state index contributed by atoms with van der Waals surface area (Å²) < 4.78 is 12.7. The predicted octanol–water partition coefficient (Wildman–Crippen LogP) is 2.56. The Hall–Kier alpha value is -1.40. The smallest absolute Gasteiger partial charge is 0.123 e. The fraction of sp³-hybridized carbons (Fsp3) is 0.462. The van der Waals surface area contributed by atoms with Crippen molar-refractivity contribution in [1.29, 1.82) is 5.26 Å². The number of nitrogens with zero attached hydrogens (tertiary/aromatic N) is 2. The first-order valence-corrected chi connectivity index (χ1v) is 5.61. The van der Waals surface area contributed by atoms with E-state index in [0.717, 1.165) is 24.6 Å². The first-order chi connectivity index (χ1) is 7.78. The van der Waals surface area contributed by atoms with Gasteiger partial charge in [0.15, 0.2) is 0 Å². The molecule has 3 heteroatoms. The van der Waals surface area contributed by atoms with Crippen molar-refractivity contribution in [1.82, 2.24) is 4.90 Å². The summed E-state index contributed by atoms with van der Waals surface area (Å²) in [7, 11) is 0. The SMILES string of the molecule is N#CCN(Cc1ccc(F)cc1)CC1CC1. The van der Waals surface area contributed by atoms with E-state index in [0.29, 0.717) is 6.54 Å². The Kier molecular flexibility index (Phi) is 3.53. The quantitative estimate of drug-likeness (QED) is 0.710. The Morgan fingerprint density at radius 2 is 2.00 bits per heavy atom. The van der Waals surface area contributed by atoms with Gasteiger partial charge in [-0.15, -0.1) is 0 Å². The standard InChI is InChI=1S/C13H15FN2/c14-13-5-3-12(4-6-13)10-16(8-7-15)9-11-1-2-11/h3-6,11H,1-2,8-10H2. The van der Waals surface area contributed by atoms with E-state index in [4.69, 9.17) is 5.26 Å². The lowest BCUT2D eigenvalue weighted by molar-refractivity contribution is 0.285. The molecule has 0 heterocycles. The van der Waals surface area contributed by atoms with Crippen molar-refractivity contribution in [3.05, 3.63) is 35.6 Å². The summed E-state index contributed by atoms with van der Waals surface area (Å²) in [6.07, 6.45) is 2.57. The van der Waals surface area contributed by atoms with Crippen molar-refractivity contribution in [3.63, 3.8) is 0 Å². The highest BCUT2D eigenvalue weighted by atomic mass is 19.1. The van der Waals surface area contributed by atoms with Gasteiger partial charge >= 0.3 is 0 Å². The molecule has 0 bridgehead atoms. The van der Waals surface area contributed by atoms with E-state index in [1.807, 2.05) is 0 Å². The van der Waals surface area contributed by atoms with Crippen LogP contribution in [0, 0.1) is 23.1 Å². The van der Waals surface area contributed by atoms with Crippen LogP contribution in [0.3, 0.4) is 0 Å². The van der Waals surface area contributed by atoms with Crippen LogP contribution in [0.5, 0.6) is 0 Å². The van der Waals surface area contributed by atoms with Gasteiger partial charge in [0, 0.05) is 13.1 Å². The lowest BCUT2D eigenvalue weighted by atomic mass is 10.2. The van der Waals surface area contributed by atoms with E-state index in [1.165, 1.54) is 25.0 Å². The van der Waals surface area contributed by atoms with E-state index in [-0.39, 0.29) is 5.82 Å². The van der Waals surface area contributed by atoms with Gasteiger partial charge in [-0.05, 0) is 36.5 Å². The minimum atomic E-state index is -0.210. The van der Waals surface area contributed by atoms with Gasteiger partial charge in [0.1, 0.15) is 5.82 Å². The van der Waals surface area contributed by atoms with Gasteiger partial charge in [0.05, 0.1) is 12.6 Å². The Balaban J connectivity index is 1.93.